The Hall–Kier alpha value is -2.23. The van der Waals surface area contributed by atoms with Gasteiger partial charge in [0.1, 0.15) is 5.76 Å². The van der Waals surface area contributed by atoms with Crippen molar-refractivity contribution >= 4 is 5.96 Å². The first-order chi connectivity index (χ1) is 10.9. The lowest BCUT2D eigenvalue weighted by Crippen LogP contribution is -2.39. The van der Waals surface area contributed by atoms with Crippen LogP contribution in [-0.2, 0) is 6.42 Å². The Bertz CT molecular complexity index is 592. The molecule has 2 aromatic rings. The molecule has 1 fully saturated rings. The monoisotopic (exact) mass is 297 g/mol. The first-order valence-corrected chi connectivity index (χ1v) is 7.88. The Morgan fingerprint density at radius 2 is 2.05 bits per heavy atom. The molecule has 1 saturated carbocycles. The minimum absolute atomic E-state index is 0.704. The maximum atomic E-state index is 5.32. The summed E-state index contributed by atoms with van der Waals surface area (Å²) in [5.74, 6) is 3.28. The number of hydrogen-bond donors (Lipinski definition) is 2. The van der Waals surface area contributed by atoms with Gasteiger partial charge < -0.3 is 15.1 Å². The van der Waals surface area contributed by atoms with Crippen molar-refractivity contribution in [2.45, 2.75) is 18.8 Å². The van der Waals surface area contributed by atoms with E-state index >= 15 is 0 Å². The maximum absolute atomic E-state index is 5.32. The highest BCUT2D eigenvalue weighted by Crippen LogP contribution is 2.46. The number of furan rings is 1. The second-order valence-electron chi connectivity index (χ2n) is 5.72. The van der Waals surface area contributed by atoms with Gasteiger partial charge in [0.05, 0.1) is 6.26 Å². The van der Waals surface area contributed by atoms with Crippen molar-refractivity contribution in [2.75, 3.05) is 20.1 Å². The minimum atomic E-state index is 0.704. The van der Waals surface area contributed by atoms with Crippen LogP contribution in [0.2, 0.25) is 0 Å². The van der Waals surface area contributed by atoms with E-state index in [1.165, 1.54) is 12.0 Å². The molecule has 0 radical (unpaired) electrons. The molecule has 1 aromatic carbocycles. The van der Waals surface area contributed by atoms with Crippen molar-refractivity contribution in [3.05, 3.63) is 60.1 Å². The Labute approximate surface area is 131 Å². The van der Waals surface area contributed by atoms with Crippen LogP contribution in [0.1, 0.15) is 23.7 Å². The molecule has 0 bridgehead atoms. The fraction of sp³-hybridized carbons (Fsp3) is 0.389. The average Bonchev–Trinajstić information content (AvgIpc) is 3.16. The van der Waals surface area contributed by atoms with Crippen LogP contribution in [0.4, 0.5) is 0 Å². The Morgan fingerprint density at radius 1 is 1.18 bits per heavy atom. The molecule has 1 heterocycles. The number of nitrogens with one attached hydrogen (secondary N) is 2. The summed E-state index contributed by atoms with van der Waals surface area (Å²) in [6, 6.07) is 14.7. The minimum Gasteiger partial charge on any atom is -0.469 e. The molecule has 22 heavy (non-hydrogen) atoms. The largest absolute Gasteiger partial charge is 0.469 e. The van der Waals surface area contributed by atoms with Gasteiger partial charge in [-0.1, -0.05) is 30.3 Å². The van der Waals surface area contributed by atoms with Gasteiger partial charge in [-0.15, -0.1) is 0 Å². The zero-order valence-corrected chi connectivity index (χ0v) is 13.0. The topological polar surface area (TPSA) is 49.6 Å². The number of guanidine groups is 1. The normalized spacial score (nSPS) is 20.7. The lowest BCUT2D eigenvalue weighted by molar-refractivity contribution is 0.506. The number of rotatable bonds is 6. The molecule has 2 atom stereocenters. The lowest BCUT2D eigenvalue weighted by atomic mass is 10.1. The van der Waals surface area contributed by atoms with Crippen molar-refractivity contribution < 1.29 is 4.42 Å². The second kappa shape index (κ2) is 7.16. The van der Waals surface area contributed by atoms with E-state index in [0.29, 0.717) is 11.8 Å². The molecule has 4 heteroatoms. The number of hydrogen-bond acceptors (Lipinski definition) is 2. The van der Waals surface area contributed by atoms with Crippen LogP contribution in [0.15, 0.2) is 58.1 Å². The highest BCUT2D eigenvalue weighted by Gasteiger charge is 2.37. The molecule has 0 saturated heterocycles. The highest BCUT2D eigenvalue weighted by molar-refractivity contribution is 5.79. The number of nitrogens with zero attached hydrogens (tertiary/aromatic N) is 1. The molecule has 2 unspecified atom stereocenters. The standard InChI is InChI=1S/C18H23N3O/c1-19-18(20-10-9-16-8-5-11-22-16)21-13-15-12-17(15)14-6-3-2-4-7-14/h2-8,11,15,17H,9-10,12-13H2,1H3,(H2,19,20,21). The van der Waals surface area contributed by atoms with E-state index in [1.807, 2.05) is 19.2 Å². The van der Waals surface area contributed by atoms with E-state index in [1.54, 1.807) is 6.26 Å². The van der Waals surface area contributed by atoms with Crippen LogP contribution >= 0.6 is 0 Å². The third kappa shape index (κ3) is 3.91. The van der Waals surface area contributed by atoms with Gasteiger partial charge in [0.25, 0.3) is 0 Å². The fourth-order valence-electron chi connectivity index (χ4n) is 2.79. The Balaban J connectivity index is 1.37. The van der Waals surface area contributed by atoms with Crippen LogP contribution in [0, 0.1) is 5.92 Å². The van der Waals surface area contributed by atoms with Gasteiger partial charge in [-0.2, -0.15) is 0 Å². The van der Waals surface area contributed by atoms with Crippen molar-refractivity contribution in [2.24, 2.45) is 10.9 Å². The van der Waals surface area contributed by atoms with E-state index in [4.69, 9.17) is 4.42 Å². The second-order valence-corrected chi connectivity index (χ2v) is 5.72. The molecule has 0 aliphatic heterocycles. The number of benzene rings is 1. The Morgan fingerprint density at radius 3 is 2.77 bits per heavy atom. The summed E-state index contributed by atoms with van der Waals surface area (Å²) in [5.41, 5.74) is 1.45. The van der Waals surface area contributed by atoms with Gasteiger partial charge in [0, 0.05) is 26.6 Å². The predicted octanol–water partition coefficient (Wildman–Crippen LogP) is 2.79. The van der Waals surface area contributed by atoms with Crippen LogP contribution in [0.5, 0.6) is 0 Å². The molecule has 4 nitrogen and oxygen atoms in total. The van der Waals surface area contributed by atoms with Crippen LogP contribution < -0.4 is 10.6 Å². The van der Waals surface area contributed by atoms with E-state index in [-0.39, 0.29) is 0 Å². The molecule has 1 aromatic heterocycles. The van der Waals surface area contributed by atoms with Crippen LogP contribution in [0.3, 0.4) is 0 Å². The fourth-order valence-corrected chi connectivity index (χ4v) is 2.79. The van der Waals surface area contributed by atoms with E-state index < -0.39 is 0 Å². The van der Waals surface area contributed by atoms with Gasteiger partial charge in [-0.05, 0) is 36.0 Å². The summed E-state index contributed by atoms with van der Waals surface area (Å²) in [4.78, 5) is 4.27. The summed E-state index contributed by atoms with van der Waals surface area (Å²) < 4.78 is 5.32. The van der Waals surface area contributed by atoms with Crippen molar-refractivity contribution in [3.8, 4) is 0 Å². The smallest absolute Gasteiger partial charge is 0.191 e. The quantitative estimate of drug-likeness (QED) is 0.637. The van der Waals surface area contributed by atoms with E-state index in [9.17, 15) is 0 Å². The Kier molecular flexibility index (Phi) is 4.78. The third-order valence-electron chi connectivity index (χ3n) is 4.15. The molecule has 1 aliphatic carbocycles. The SMILES string of the molecule is CN=C(NCCc1ccco1)NCC1CC1c1ccccc1. The molecule has 0 spiro atoms. The zero-order valence-electron chi connectivity index (χ0n) is 13.0. The molecule has 1 aliphatic rings. The predicted molar refractivity (Wildman–Crippen MR) is 89.1 cm³/mol. The molecule has 116 valence electrons. The van der Waals surface area contributed by atoms with E-state index in [2.05, 4.69) is 46.0 Å². The van der Waals surface area contributed by atoms with E-state index in [0.717, 1.165) is 31.2 Å². The van der Waals surface area contributed by atoms with Crippen molar-refractivity contribution in [1.82, 2.24) is 10.6 Å². The van der Waals surface area contributed by atoms with Crippen LogP contribution in [0.25, 0.3) is 0 Å². The summed E-state index contributed by atoms with van der Waals surface area (Å²) >= 11 is 0. The molecular formula is C18H23N3O. The number of aliphatic imine (C=N–C) groups is 1. The third-order valence-corrected chi connectivity index (χ3v) is 4.15. The van der Waals surface area contributed by atoms with Gasteiger partial charge >= 0.3 is 0 Å². The first-order valence-electron chi connectivity index (χ1n) is 7.88. The van der Waals surface area contributed by atoms with Gasteiger partial charge in [0.15, 0.2) is 5.96 Å². The van der Waals surface area contributed by atoms with Crippen molar-refractivity contribution in [3.63, 3.8) is 0 Å². The first kappa shape index (κ1) is 14.7. The molecule has 0 amide bonds. The average molecular weight is 297 g/mol. The summed E-state index contributed by atoms with van der Waals surface area (Å²) in [5, 5.41) is 6.74. The molecular weight excluding hydrogens is 274 g/mol. The zero-order chi connectivity index (χ0) is 15.2. The highest BCUT2D eigenvalue weighted by atomic mass is 16.3. The van der Waals surface area contributed by atoms with Crippen LogP contribution in [-0.4, -0.2) is 26.1 Å². The summed E-state index contributed by atoms with van der Waals surface area (Å²) in [6.07, 6.45) is 3.84. The molecule has 3 rings (SSSR count). The van der Waals surface area contributed by atoms with Crippen molar-refractivity contribution in [1.29, 1.82) is 0 Å². The van der Waals surface area contributed by atoms with Gasteiger partial charge in [-0.3, -0.25) is 4.99 Å². The lowest BCUT2D eigenvalue weighted by Gasteiger charge is -2.11. The summed E-state index contributed by atoms with van der Waals surface area (Å²) in [7, 11) is 1.81. The maximum Gasteiger partial charge on any atom is 0.191 e. The van der Waals surface area contributed by atoms with Gasteiger partial charge in [0.2, 0.25) is 0 Å². The summed E-state index contributed by atoms with van der Waals surface area (Å²) in [6.45, 7) is 1.79. The molecule has 2 N–H and O–H groups in total. The van der Waals surface area contributed by atoms with Gasteiger partial charge in [-0.25, -0.2) is 0 Å².